The smallest absolute Gasteiger partial charge is 0.387 e. The van der Waals surface area contributed by atoms with Crippen LogP contribution in [-0.4, -0.2) is 25.7 Å². The Hall–Kier alpha value is -3.47. The van der Waals surface area contributed by atoms with Gasteiger partial charge in [-0.25, -0.2) is 23.9 Å². The quantitative estimate of drug-likeness (QED) is 0.438. The molecular formula is C20H13F3N4O3S. The number of nitrogens with zero attached hydrogens (tertiary/aromatic N) is 4. The molecular weight excluding hydrogens is 433 g/mol. The summed E-state index contributed by atoms with van der Waals surface area (Å²) in [7, 11) is 0. The number of alkyl halides is 2. The molecule has 0 bridgehead atoms. The van der Waals surface area contributed by atoms with Crippen LogP contribution in [0.2, 0.25) is 0 Å². The third kappa shape index (κ3) is 3.50. The van der Waals surface area contributed by atoms with Crippen LogP contribution in [0.25, 0.3) is 21.7 Å². The summed E-state index contributed by atoms with van der Waals surface area (Å²) in [6, 6.07) is 7.77. The van der Waals surface area contributed by atoms with Crippen molar-refractivity contribution in [2.75, 3.05) is 0 Å². The van der Waals surface area contributed by atoms with Crippen molar-refractivity contribution in [1.29, 1.82) is 0 Å². The first-order chi connectivity index (χ1) is 14.9. The van der Waals surface area contributed by atoms with Gasteiger partial charge in [0.1, 0.15) is 10.4 Å². The van der Waals surface area contributed by atoms with E-state index in [9.17, 15) is 22.8 Å². The van der Waals surface area contributed by atoms with E-state index in [1.54, 1.807) is 0 Å². The molecule has 0 radical (unpaired) electrons. The van der Waals surface area contributed by atoms with Gasteiger partial charge in [-0.15, -0.1) is 11.3 Å². The molecule has 31 heavy (non-hydrogen) atoms. The Bertz CT molecular complexity index is 1390. The fraction of sp³-hybridized carbons (Fsp3) is 0.200. The lowest BCUT2D eigenvalue weighted by molar-refractivity contribution is -0.0498. The highest BCUT2D eigenvalue weighted by Gasteiger charge is 2.29. The number of aromatic nitrogens is 4. The third-order valence-electron chi connectivity index (χ3n) is 4.83. The number of benzene rings is 1. The van der Waals surface area contributed by atoms with Crippen LogP contribution in [0.3, 0.4) is 0 Å². The summed E-state index contributed by atoms with van der Waals surface area (Å²) in [6.45, 7) is -2.98. The van der Waals surface area contributed by atoms with E-state index in [0.29, 0.717) is 5.69 Å². The predicted molar refractivity (Wildman–Crippen MR) is 107 cm³/mol. The number of fused-ring (bicyclic) bond motifs is 1. The van der Waals surface area contributed by atoms with Gasteiger partial charge in [0.25, 0.3) is 5.56 Å². The number of thiazole rings is 1. The Labute approximate surface area is 176 Å². The second kappa shape index (κ2) is 7.34. The molecule has 1 aliphatic rings. The van der Waals surface area contributed by atoms with E-state index in [-0.39, 0.29) is 27.7 Å². The summed E-state index contributed by atoms with van der Waals surface area (Å²) in [5.41, 5.74) is -0.706. The third-order valence-corrected chi connectivity index (χ3v) is 6.03. The molecule has 7 nitrogen and oxygen atoms in total. The summed E-state index contributed by atoms with van der Waals surface area (Å²) in [6.07, 6.45) is 3.01. The maximum Gasteiger partial charge on any atom is 0.387 e. The highest BCUT2D eigenvalue weighted by atomic mass is 32.1. The van der Waals surface area contributed by atoms with E-state index in [2.05, 4.69) is 14.7 Å². The van der Waals surface area contributed by atoms with Crippen LogP contribution in [0.4, 0.5) is 13.2 Å². The van der Waals surface area contributed by atoms with Gasteiger partial charge in [0.2, 0.25) is 5.95 Å². The largest absolute Gasteiger partial charge is 0.435 e. The van der Waals surface area contributed by atoms with E-state index < -0.39 is 23.8 Å². The second-order valence-corrected chi connectivity index (χ2v) is 7.98. The molecule has 3 heterocycles. The molecule has 0 unspecified atom stereocenters. The maximum absolute atomic E-state index is 13.4. The van der Waals surface area contributed by atoms with Crippen LogP contribution < -0.4 is 16.0 Å². The fourth-order valence-electron chi connectivity index (χ4n) is 3.24. The van der Waals surface area contributed by atoms with Gasteiger partial charge in [-0.05, 0) is 49.2 Å². The SMILES string of the molecule is O=c1c2sc(C3CC3)nc2n(-c2ccc(OC(F)F)cc2)c(=O)n1-c1ccc(F)nc1. The van der Waals surface area contributed by atoms with Gasteiger partial charge in [0.05, 0.1) is 22.6 Å². The zero-order valence-electron chi connectivity index (χ0n) is 15.7. The van der Waals surface area contributed by atoms with Gasteiger partial charge in [-0.2, -0.15) is 13.2 Å². The zero-order chi connectivity index (χ0) is 21.7. The molecule has 1 aliphatic carbocycles. The minimum Gasteiger partial charge on any atom is -0.435 e. The summed E-state index contributed by atoms with van der Waals surface area (Å²) < 4.78 is 44.9. The molecule has 3 aromatic heterocycles. The van der Waals surface area contributed by atoms with Crippen molar-refractivity contribution >= 4 is 21.7 Å². The molecule has 5 rings (SSSR count). The maximum atomic E-state index is 13.4. The number of rotatable bonds is 5. The first-order valence-corrected chi connectivity index (χ1v) is 10.1. The van der Waals surface area contributed by atoms with Crippen LogP contribution >= 0.6 is 11.3 Å². The molecule has 1 saturated carbocycles. The minimum atomic E-state index is -2.98. The molecule has 0 atom stereocenters. The van der Waals surface area contributed by atoms with E-state index in [1.807, 2.05) is 0 Å². The van der Waals surface area contributed by atoms with Crippen LogP contribution in [0.1, 0.15) is 23.8 Å². The minimum absolute atomic E-state index is 0.0731. The number of ether oxygens (including phenoxy) is 1. The second-order valence-electron chi connectivity index (χ2n) is 6.95. The lowest BCUT2D eigenvalue weighted by Gasteiger charge is -2.12. The molecule has 11 heteroatoms. The standard InChI is InChI=1S/C20H13F3N4O3S/c21-14-8-5-12(9-24-14)27-18(28)15-16(25-17(31-15)10-1-2-10)26(20(27)29)11-3-6-13(7-4-11)30-19(22)23/h3-10,19H,1-2H2. The lowest BCUT2D eigenvalue weighted by Crippen LogP contribution is -2.38. The Morgan fingerprint density at radius 3 is 2.35 bits per heavy atom. The molecule has 1 fully saturated rings. The van der Waals surface area contributed by atoms with Crippen molar-refractivity contribution < 1.29 is 17.9 Å². The average molecular weight is 446 g/mol. The summed E-state index contributed by atoms with van der Waals surface area (Å²) in [4.78, 5) is 34.6. The van der Waals surface area contributed by atoms with Gasteiger partial charge < -0.3 is 4.74 Å². The monoisotopic (exact) mass is 446 g/mol. The lowest BCUT2D eigenvalue weighted by atomic mass is 10.3. The summed E-state index contributed by atoms with van der Waals surface area (Å²) in [5.74, 6) is -0.569. The molecule has 0 aliphatic heterocycles. The van der Waals surface area contributed by atoms with Crippen LogP contribution in [0.5, 0.6) is 5.75 Å². The fourth-order valence-corrected chi connectivity index (χ4v) is 4.39. The molecule has 158 valence electrons. The van der Waals surface area contributed by atoms with Gasteiger partial charge in [0, 0.05) is 5.92 Å². The van der Waals surface area contributed by atoms with Crippen molar-refractivity contribution in [3.63, 3.8) is 0 Å². The summed E-state index contributed by atoms with van der Waals surface area (Å²) >= 11 is 1.21. The van der Waals surface area contributed by atoms with Crippen LogP contribution in [-0.2, 0) is 0 Å². The van der Waals surface area contributed by atoms with Gasteiger partial charge in [-0.1, -0.05) is 0 Å². The highest BCUT2D eigenvalue weighted by molar-refractivity contribution is 7.18. The van der Waals surface area contributed by atoms with E-state index in [1.165, 1.54) is 46.2 Å². The molecule has 0 amide bonds. The highest BCUT2D eigenvalue weighted by Crippen LogP contribution is 2.42. The van der Waals surface area contributed by atoms with Gasteiger partial charge in [0.15, 0.2) is 5.65 Å². The van der Waals surface area contributed by atoms with Crippen molar-refractivity contribution in [3.8, 4) is 17.1 Å². The first-order valence-electron chi connectivity index (χ1n) is 9.28. The molecule has 0 saturated heterocycles. The van der Waals surface area contributed by atoms with Crippen molar-refractivity contribution in [3.05, 3.63) is 74.4 Å². The Kier molecular flexibility index (Phi) is 4.62. The number of pyridine rings is 1. The first kappa shape index (κ1) is 19.5. The molecule has 0 spiro atoms. The summed E-state index contributed by atoms with van der Waals surface area (Å²) in [5, 5.41) is 0.757. The van der Waals surface area contributed by atoms with Crippen molar-refractivity contribution in [2.24, 2.45) is 0 Å². The molecule has 0 N–H and O–H groups in total. The van der Waals surface area contributed by atoms with Gasteiger partial charge >= 0.3 is 12.3 Å². The van der Waals surface area contributed by atoms with Crippen molar-refractivity contribution in [2.45, 2.75) is 25.4 Å². The van der Waals surface area contributed by atoms with E-state index in [0.717, 1.165) is 34.7 Å². The molecule has 1 aromatic carbocycles. The predicted octanol–water partition coefficient (Wildman–Crippen LogP) is 3.61. The number of halogens is 3. The number of hydrogen-bond acceptors (Lipinski definition) is 6. The number of hydrogen-bond donors (Lipinski definition) is 0. The van der Waals surface area contributed by atoms with Crippen LogP contribution in [0.15, 0.2) is 52.2 Å². The molecule has 4 aromatic rings. The Morgan fingerprint density at radius 1 is 1.03 bits per heavy atom. The van der Waals surface area contributed by atoms with E-state index in [4.69, 9.17) is 0 Å². The van der Waals surface area contributed by atoms with Gasteiger partial charge in [-0.3, -0.25) is 4.79 Å². The van der Waals surface area contributed by atoms with Crippen molar-refractivity contribution in [1.82, 2.24) is 19.1 Å². The Balaban J connectivity index is 1.77. The average Bonchev–Trinajstić information content (AvgIpc) is 3.49. The van der Waals surface area contributed by atoms with Crippen LogP contribution in [0, 0.1) is 5.95 Å². The van der Waals surface area contributed by atoms with E-state index >= 15 is 0 Å². The zero-order valence-corrected chi connectivity index (χ0v) is 16.5. The Morgan fingerprint density at radius 2 is 1.74 bits per heavy atom. The topological polar surface area (TPSA) is 79.0 Å². The normalized spacial score (nSPS) is 13.8.